The van der Waals surface area contributed by atoms with E-state index in [-0.39, 0.29) is 0 Å². The molecule has 0 aromatic carbocycles. The second-order valence-corrected chi connectivity index (χ2v) is 3.73. The van der Waals surface area contributed by atoms with Gasteiger partial charge >= 0.3 is 0 Å². The number of halogens is 1. The lowest BCUT2D eigenvalue weighted by molar-refractivity contribution is 1.05. The van der Waals surface area contributed by atoms with Crippen LogP contribution in [-0.4, -0.2) is 11.5 Å². The van der Waals surface area contributed by atoms with Crippen molar-refractivity contribution in [1.29, 1.82) is 0 Å². The zero-order chi connectivity index (χ0) is 9.68. The summed E-state index contributed by atoms with van der Waals surface area (Å²) in [4.78, 5) is 4.17. The summed E-state index contributed by atoms with van der Waals surface area (Å²) in [7, 11) is 0. The van der Waals surface area contributed by atoms with Gasteiger partial charge in [0.2, 0.25) is 0 Å². The highest BCUT2D eigenvalue weighted by molar-refractivity contribution is 14.1. The number of hydrogen-bond acceptors (Lipinski definition) is 3. The van der Waals surface area contributed by atoms with E-state index in [0.29, 0.717) is 5.82 Å². The number of nitrogen functional groups attached to an aromatic ring is 1. The fourth-order valence-corrected chi connectivity index (χ4v) is 1.36. The van der Waals surface area contributed by atoms with Gasteiger partial charge in [0.15, 0.2) is 0 Å². The zero-order valence-corrected chi connectivity index (χ0v) is 9.41. The van der Waals surface area contributed by atoms with E-state index in [1.165, 1.54) is 0 Å². The first kappa shape index (κ1) is 10.3. The van der Waals surface area contributed by atoms with Crippen LogP contribution < -0.4 is 11.1 Å². The molecule has 1 heterocycles. The average molecular weight is 289 g/mol. The molecule has 70 valence electrons. The number of aromatic nitrogens is 1. The van der Waals surface area contributed by atoms with Gasteiger partial charge in [0.1, 0.15) is 11.6 Å². The Morgan fingerprint density at radius 1 is 1.62 bits per heavy atom. The second kappa shape index (κ2) is 5.06. The molecule has 0 saturated carbocycles. The predicted molar refractivity (Wildman–Crippen MR) is 64.7 cm³/mol. The number of pyridine rings is 1. The Kier molecular flexibility index (Phi) is 4.01. The van der Waals surface area contributed by atoms with Gasteiger partial charge in [-0.3, -0.25) is 0 Å². The van der Waals surface area contributed by atoms with E-state index < -0.39 is 0 Å². The van der Waals surface area contributed by atoms with Gasteiger partial charge in [-0.25, -0.2) is 4.98 Å². The van der Waals surface area contributed by atoms with Crippen LogP contribution in [0.25, 0.3) is 0 Å². The van der Waals surface area contributed by atoms with Gasteiger partial charge in [0, 0.05) is 6.54 Å². The van der Waals surface area contributed by atoms with Crippen molar-refractivity contribution in [3.05, 3.63) is 28.4 Å². The lowest BCUT2D eigenvalue weighted by atomic mass is 10.4. The van der Waals surface area contributed by atoms with Gasteiger partial charge in [-0.1, -0.05) is 6.08 Å². The number of nitrogens with one attached hydrogen (secondary N) is 1. The average Bonchev–Trinajstić information content (AvgIpc) is 2.11. The molecule has 0 fully saturated rings. The van der Waals surface area contributed by atoms with E-state index in [0.717, 1.165) is 22.4 Å². The molecule has 3 nitrogen and oxygen atoms in total. The fraction of sp³-hybridized carbons (Fsp3) is 0.222. The van der Waals surface area contributed by atoms with Crippen molar-refractivity contribution in [2.75, 3.05) is 17.6 Å². The minimum atomic E-state index is 0.543. The van der Waals surface area contributed by atoms with Crippen LogP contribution >= 0.6 is 22.6 Å². The minimum Gasteiger partial charge on any atom is -0.384 e. The van der Waals surface area contributed by atoms with E-state index in [1.807, 2.05) is 12.1 Å². The number of hydrogen-bond donors (Lipinski definition) is 2. The Hall–Kier alpha value is -0.780. The maximum Gasteiger partial charge on any atom is 0.141 e. The van der Waals surface area contributed by atoms with Crippen LogP contribution in [0.4, 0.5) is 11.6 Å². The van der Waals surface area contributed by atoms with E-state index in [2.05, 4.69) is 39.5 Å². The summed E-state index contributed by atoms with van der Waals surface area (Å²) >= 11 is 2.22. The van der Waals surface area contributed by atoms with Crippen LogP contribution in [0.15, 0.2) is 24.8 Å². The van der Waals surface area contributed by atoms with Crippen LogP contribution in [0.5, 0.6) is 0 Å². The third-order valence-electron chi connectivity index (χ3n) is 1.51. The Balaban J connectivity index is 2.64. The molecule has 0 amide bonds. The van der Waals surface area contributed by atoms with Crippen LogP contribution in [0.2, 0.25) is 0 Å². The van der Waals surface area contributed by atoms with Crippen molar-refractivity contribution < 1.29 is 0 Å². The first-order valence-electron chi connectivity index (χ1n) is 4.01. The molecular formula is C9H12IN3. The van der Waals surface area contributed by atoms with E-state index in [1.54, 1.807) is 6.07 Å². The van der Waals surface area contributed by atoms with Crippen LogP contribution in [0.3, 0.4) is 0 Å². The molecule has 1 aromatic heterocycles. The summed E-state index contributed by atoms with van der Waals surface area (Å²) in [6.45, 7) is 4.49. The standard InChI is InChI=1S/C9H12IN3/c1-2-3-6-12-9-7(10)4-5-8(11)13-9/h2,4-5H,1,3,6H2,(H3,11,12,13). The Morgan fingerprint density at radius 3 is 3.08 bits per heavy atom. The van der Waals surface area contributed by atoms with Gasteiger partial charge in [-0.05, 0) is 41.1 Å². The number of rotatable bonds is 4. The van der Waals surface area contributed by atoms with Gasteiger partial charge in [0.05, 0.1) is 3.57 Å². The highest BCUT2D eigenvalue weighted by Crippen LogP contribution is 2.16. The van der Waals surface area contributed by atoms with Crippen molar-refractivity contribution in [3.8, 4) is 0 Å². The second-order valence-electron chi connectivity index (χ2n) is 2.57. The quantitative estimate of drug-likeness (QED) is 0.508. The topological polar surface area (TPSA) is 50.9 Å². The molecular weight excluding hydrogens is 277 g/mol. The molecule has 3 N–H and O–H groups in total. The molecule has 0 atom stereocenters. The summed E-state index contributed by atoms with van der Waals surface area (Å²) in [5, 5.41) is 3.18. The van der Waals surface area contributed by atoms with Gasteiger partial charge < -0.3 is 11.1 Å². The molecule has 0 saturated heterocycles. The smallest absolute Gasteiger partial charge is 0.141 e. The summed E-state index contributed by atoms with van der Waals surface area (Å²) in [6.07, 6.45) is 2.79. The molecule has 1 aromatic rings. The molecule has 0 aliphatic rings. The lowest BCUT2D eigenvalue weighted by Crippen LogP contribution is -2.05. The van der Waals surface area contributed by atoms with Crippen LogP contribution in [-0.2, 0) is 0 Å². The highest BCUT2D eigenvalue weighted by Gasteiger charge is 1.99. The SMILES string of the molecule is C=CCCNc1nc(N)ccc1I. The Morgan fingerprint density at radius 2 is 2.38 bits per heavy atom. The van der Waals surface area contributed by atoms with Crippen molar-refractivity contribution in [1.82, 2.24) is 4.98 Å². The van der Waals surface area contributed by atoms with Crippen LogP contribution in [0, 0.1) is 3.57 Å². The maximum atomic E-state index is 5.56. The normalized spacial score (nSPS) is 9.62. The molecule has 1 rings (SSSR count). The first-order valence-corrected chi connectivity index (χ1v) is 5.08. The molecule has 4 heteroatoms. The summed E-state index contributed by atoms with van der Waals surface area (Å²) in [6, 6.07) is 3.74. The van der Waals surface area contributed by atoms with Crippen molar-refractivity contribution in [2.45, 2.75) is 6.42 Å². The van der Waals surface area contributed by atoms with Crippen LogP contribution in [0.1, 0.15) is 6.42 Å². The van der Waals surface area contributed by atoms with Crippen molar-refractivity contribution >= 4 is 34.2 Å². The third kappa shape index (κ3) is 3.22. The Bertz CT molecular complexity index is 299. The molecule has 0 bridgehead atoms. The van der Waals surface area contributed by atoms with Crippen molar-refractivity contribution in [2.24, 2.45) is 0 Å². The molecule has 0 radical (unpaired) electrons. The number of nitrogens with zero attached hydrogens (tertiary/aromatic N) is 1. The van der Waals surface area contributed by atoms with Gasteiger partial charge in [-0.2, -0.15) is 0 Å². The maximum absolute atomic E-state index is 5.56. The largest absolute Gasteiger partial charge is 0.384 e. The Labute approximate surface area is 91.6 Å². The zero-order valence-electron chi connectivity index (χ0n) is 7.26. The summed E-state index contributed by atoms with van der Waals surface area (Å²) < 4.78 is 1.08. The van der Waals surface area contributed by atoms with Gasteiger partial charge in [0.25, 0.3) is 0 Å². The molecule has 13 heavy (non-hydrogen) atoms. The summed E-state index contributed by atoms with van der Waals surface area (Å²) in [5.74, 6) is 1.39. The lowest BCUT2D eigenvalue weighted by Gasteiger charge is -2.06. The van der Waals surface area contributed by atoms with E-state index >= 15 is 0 Å². The van der Waals surface area contributed by atoms with Crippen molar-refractivity contribution in [3.63, 3.8) is 0 Å². The third-order valence-corrected chi connectivity index (χ3v) is 2.38. The molecule has 0 aliphatic heterocycles. The molecule has 0 unspecified atom stereocenters. The van der Waals surface area contributed by atoms with E-state index in [4.69, 9.17) is 5.73 Å². The summed E-state index contributed by atoms with van der Waals surface area (Å²) in [5.41, 5.74) is 5.56. The highest BCUT2D eigenvalue weighted by atomic mass is 127. The predicted octanol–water partition coefficient (Wildman–Crippen LogP) is 2.26. The number of anilines is 2. The molecule has 0 aliphatic carbocycles. The minimum absolute atomic E-state index is 0.543. The van der Waals surface area contributed by atoms with Gasteiger partial charge in [-0.15, -0.1) is 6.58 Å². The first-order chi connectivity index (χ1) is 6.24. The molecule has 0 spiro atoms. The van der Waals surface area contributed by atoms with E-state index in [9.17, 15) is 0 Å². The number of nitrogens with two attached hydrogens (primary N) is 1. The monoisotopic (exact) mass is 289 g/mol. The fourth-order valence-electron chi connectivity index (χ4n) is 0.874.